The highest BCUT2D eigenvalue weighted by Crippen LogP contribution is 2.26. The van der Waals surface area contributed by atoms with Crippen molar-refractivity contribution in [3.05, 3.63) is 101 Å². The van der Waals surface area contributed by atoms with Crippen molar-refractivity contribution in [2.45, 2.75) is 6.92 Å². The summed E-state index contributed by atoms with van der Waals surface area (Å²) in [6.45, 7) is 1.80. The summed E-state index contributed by atoms with van der Waals surface area (Å²) in [5.74, 6) is 1.26. The molecule has 3 aromatic heterocycles. The maximum atomic E-state index is 13.8. The van der Waals surface area contributed by atoms with Gasteiger partial charge in [-0.05, 0) is 48.9 Å². The van der Waals surface area contributed by atoms with E-state index in [0.29, 0.717) is 39.1 Å². The van der Waals surface area contributed by atoms with Crippen LogP contribution in [0.2, 0.25) is 0 Å². The predicted molar refractivity (Wildman–Crippen MR) is 137 cm³/mol. The van der Waals surface area contributed by atoms with Crippen LogP contribution in [0.15, 0.2) is 88.8 Å². The lowest BCUT2D eigenvalue weighted by atomic mass is 10.2. The van der Waals surface area contributed by atoms with Crippen molar-refractivity contribution < 1.29 is 4.74 Å². The third kappa shape index (κ3) is 3.43. The maximum absolute atomic E-state index is 13.8. The first-order valence-corrected chi connectivity index (χ1v) is 11.1. The molecule has 8 heteroatoms. The van der Waals surface area contributed by atoms with Gasteiger partial charge >= 0.3 is 0 Å². The highest BCUT2D eigenvalue weighted by molar-refractivity contribution is 6.05. The SMILES string of the molecule is COc1cccc(/C=N\n2c3nc4ccccc4nc3c3c(=O)n(-c4ccccc4)c(C)nc32)c1. The number of ether oxygens (including phenoxy) is 1. The molecule has 0 N–H and O–H groups in total. The second-order valence-corrected chi connectivity index (χ2v) is 8.05. The van der Waals surface area contributed by atoms with Gasteiger partial charge in [0.25, 0.3) is 5.56 Å². The Labute approximate surface area is 199 Å². The zero-order chi connectivity index (χ0) is 23.9. The summed E-state index contributed by atoms with van der Waals surface area (Å²) in [6.07, 6.45) is 1.69. The van der Waals surface area contributed by atoms with E-state index in [1.54, 1.807) is 29.5 Å². The van der Waals surface area contributed by atoms with Crippen LogP contribution in [-0.2, 0) is 0 Å². The number of fused-ring (bicyclic) bond motifs is 4. The molecule has 0 fully saturated rings. The predicted octanol–water partition coefficient (Wildman–Crippen LogP) is 4.48. The van der Waals surface area contributed by atoms with E-state index in [4.69, 9.17) is 19.7 Å². The van der Waals surface area contributed by atoms with E-state index in [1.165, 1.54) is 0 Å². The lowest BCUT2D eigenvalue weighted by Crippen LogP contribution is -2.22. The average molecular weight is 460 g/mol. The molecule has 0 amide bonds. The van der Waals surface area contributed by atoms with Crippen LogP contribution in [0, 0.1) is 6.92 Å². The van der Waals surface area contributed by atoms with E-state index in [2.05, 4.69) is 5.10 Å². The van der Waals surface area contributed by atoms with E-state index in [0.717, 1.165) is 17.0 Å². The topological polar surface area (TPSA) is 87.2 Å². The first-order chi connectivity index (χ1) is 17.1. The summed E-state index contributed by atoms with van der Waals surface area (Å²) in [5, 5.41) is 5.05. The molecule has 8 nitrogen and oxygen atoms in total. The van der Waals surface area contributed by atoms with Gasteiger partial charge in [-0.25, -0.2) is 15.0 Å². The molecular formula is C27H20N6O2. The average Bonchev–Trinajstić information content (AvgIpc) is 3.19. The van der Waals surface area contributed by atoms with Crippen molar-refractivity contribution in [3.8, 4) is 11.4 Å². The van der Waals surface area contributed by atoms with Crippen molar-refractivity contribution in [2.24, 2.45) is 5.10 Å². The van der Waals surface area contributed by atoms with Crippen molar-refractivity contribution in [3.63, 3.8) is 0 Å². The third-order valence-electron chi connectivity index (χ3n) is 5.85. The van der Waals surface area contributed by atoms with Crippen molar-refractivity contribution in [1.82, 2.24) is 24.2 Å². The molecule has 0 aliphatic heterocycles. The number of benzene rings is 3. The number of para-hydroxylation sites is 3. The fraction of sp³-hybridized carbons (Fsp3) is 0.0741. The number of hydrogen-bond acceptors (Lipinski definition) is 6. The van der Waals surface area contributed by atoms with Crippen LogP contribution in [0.4, 0.5) is 0 Å². The molecule has 0 unspecified atom stereocenters. The molecule has 0 saturated carbocycles. The number of rotatable bonds is 4. The maximum Gasteiger partial charge on any atom is 0.269 e. The summed E-state index contributed by atoms with van der Waals surface area (Å²) < 4.78 is 8.50. The lowest BCUT2D eigenvalue weighted by Gasteiger charge is -2.09. The minimum Gasteiger partial charge on any atom is -0.497 e. The lowest BCUT2D eigenvalue weighted by molar-refractivity contribution is 0.415. The third-order valence-corrected chi connectivity index (χ3v) is 5.85. The Balaban J connectivity index is 1.69. The molecule has 3 heterocycles. The van der Waals surface area contributed by atoms with Crippen LogP contribution in [-0.4, -0.2) is 37.5 Å². The summed E-state index contributed by atoms with van der Waals surface area (Å²) in [6, 6.07) is 24.6. The Hall–Kier alpha value is -4.85. The van der Waals surface area contributed by atoms with Gasteiger partial charge in [-0.3, -0.25) is 9.36 Å². The monoisotopic (exact) mass is 460 g/mol. The van der Waals surface area contributed by atoms with E-state index >= 15 is 0 Å². The Bertz CT molecular complexity index is 1820. The number of nitrogens with zero attached hydrogens (tertiary/aromatic N) is 6. The Kier molecular flexibility index (Phi) is 4.84. The van der Waals surface area contributed by atoms with E-state index < -0.39 is 0 Å². The molecule has 0 spiro atoms. The summed E-state index contributed by atoms with van der Waals surface area (Å²) in [4.78, 5) is 28.2. The smallest absolute Gasteiger partial charge is 0.269 e. The minimum atomic E-state index is -0.219. The van der Waals surface area contributed by atoms with Crippen LogP contribution in [0.25, 0.3) is 38.9 Å². The second-order valence-electron chi connectivity index (χ2n) is 8.05. The van der Waals surface area contributed by atoms with Crippen molar-refractivity contribution in [1.29, 1.82) is 0 Å². The quantitative estimate of drug-likeness (QED) is 0.362. The van der Waals surface area contributed by atoms with Crippen LogP contribution >= 0.6 is 0 Å². The van der Waals surface area contributed by atoms with Crippen LogP contribution < -0.4 is 10.3 Å². The molecule has 6 rings (SSSR count). The summed E-state index contributed by atoms with van der Waals surface area (Å²) in [7, 11) is 1.62. The Morgan fingerprint density at radius 2 is 1.60 bits per heavy atom. The van der Waals surface area contributed by atoms with Gasteiger partial charge in [0.2, 0.25) is 0 Å². The first kappa shape index (κ1) is 20.7. The minimum absolute atomic E-state index is 0.219. The first-order valence-electron chi connectivity index (χ1n) is 11.1. The second kappa shape index (κ2) is 8.18. The highest BCUT2D eigenvalue weighted by atomic mass is 16.5. The van der Waals surface area contributed by atoms with E-state index in [9.17, 15) is 4.79 Å². The van der Waals surface area contributed by atoms with Crippen LogP contribution in [0.5, 0.6) is 5.75 Å². The molecule has 3 aromatic carbocycles. The fourth-order valence-corrected chi connectivity index (χ4v) is 4.22. The van der Waals surface area contributed by atoms with E-state index in [1.807, 2.05) is 78.9 Å². The van der Waals surface area contributed by atoms with Crippen molar-refractivity contribution in [2.75, 3.05) is 7.11 Å². The number of methoxy groups -OCH3 is 1. The van der Waals surface area contributed by atoms with Crippen LogP contribution in [0.1, 0.15) is 11.4 Å². The number of aryl methyl sites for hydroxylation is 1. The fourth-order valence-electron chi connectivity index (χ4n) is 4.22. The zero-order valence-corrected chi connectivity index (χ0v) is 19.1. The van der Waals surface area contributed by atoms with E-state index in [-0.39, 0.29) is 5.56 Å². The number of hydrogen-bond donors (Lipinski definition) is 0. The van der Waals surface area contributed by atoms with Crippen molar-refractivity contribution >= 4 is 39.4 Å². The van der Waals surface area contributed by atoms with Gasteiger partial charge in [0, 0.05) is 0 Å². The van der Waals surface area contributed by atoms with Gasteiger partial charge in [-0.2, -0.15) is 9.78 Å². The molecule has 0 bridgehead atoms. The Morgan fingerprint density at radius 1 is 0.857 bits per heavy atom. The summed E-state index contributed by atoms with van der Waals surface area (Å²) >= 11 is 0. The molecule has 0 aliphatic rings. The van der Waals surface area contributed by atoms with Gasteiger partial charge in [-0.1, -0.05) is 42.5 Å². The Morgan fingerprint density at radius 3 is 2.37 bits per heavy atom. The number of aromatic nitrogens is 5. The largest absolute Gasteiger partial charge is 0.497 e. The highest BCUT2D eigenvalue weighted by Gasteiger charge is 2.21. The van der Waals surface area contributed by atoms with Gasteiger partial charge in [0.15, 0.2) is 11.3 Å². The molecule has 6 aromatic rings. The van der Waals surface area contributed by atoms with Crippen LogP contribution in [0.3, 0.4) is 0 Å². The summed E-state index contributed by atoms with van der Waals surface area (Å²) in [5.41, 5.74) is 4.09. The molecule has 0 saturated heterocycles. The molecule has 0 radical (unpaired) electrons. The molecule has 0 aliphatic carbocycles. The molecular weight excluding hydrogens is 440 g/mol. The van der Waals surface area contributed by atoms with Gasteiger partial charge < -0.3 is 4.74 Å². The van der Waals surface area contributed by atoms with Gasteiger partial charge in [-0.15, -0.1) is 0 Å². The standard InChI is InChI=1S/C27H20N6O2/c1-17-29-25-23(27(34)32(17)19-10-4-3-5-11-19)24-26(31-22-14-7-6-13-21(22)30-24)33(25)28-16-18-9-8-12-20(15-18)35-2/h3-16H,1-2H3/b28-16-. The molecule has 0 atom stereocenters. The van der Waals surface area contributed by atoms with Gasteiger partial charge in [0.05, 0.1) is 30.0 Å². The van der Waals surface area contributed by atoms with Gasteiger partial charge in [0.1, 0.15) is 22.5 Å². The molecule has 35 heavy (non-hydrogen) atoms. The zero-order valence-electron chi connectivity index (χ0n) is 19.1. The normalized spacial score (nSPS) is 11.7. The molecule has 170 valence electrons.